The van der Waals surface area contributed by atoms with E-state index in [9.17, 15) is 22.4 Å². The largest absolute Gasteiger partial charge is 0.416 e. The minimum atomic E-state index is -4.59. The third-order valence-corrected chi connectivity index (χ3v) is 6.60. The number of fused-ring (bicyclic) bond motifs is 1. The van der Waals surface area contributed by atoms with E-state index in [-0.39, 0.29) is 36.1 Å². The van der Waals surface area contributed by atoms with Gasteiger partial charge in [-0.2, -0.15) is 13.2 Å². The molecule has 0 bridgehead atoms. The first-order valence-electron chi connectivity index (χ1n) is 10.4. The van der Waals surface area contributed by atoms with Crippen molar-refractivity contribution in [3.8, 4) is 0 Å². The van der Waals surface area contributed by atoms with Gasteiger partial charge in [0.05, 0.1) is 17.5 Å². The first-order valence-corrected chi connectivity index (χ1v) is 10.4. The zero-order valence-corrected chi connectivity index (χ0v) is 18.1. The van der Waals surface area contributed by atoms with Gasteiger partial charge in [0.1, 0.15) is 17.8 Å². The zero-order chi connectivity index (χ0) is 23.8. The van der Waals surface area contributed by atoms with Gasteiger partial charge in [-0.3, -0.25) is 4.79 Å². The van der Waals surface area contributed by atoms with Gasteiger partial charge in [0.2, 0.25) is 0 Å². The van der Waals surface area contributed by atoms with E-state index < -0.39 is 28.7 Å². The van der Waals surface area contributed by atoms with Crippen LogP contribution in [0.25, 0.3) is 0 Å². The lowest BCUT2D eigenvalue weighted by Gasteiger charge is -2.49. The van der Waals surface area contributed by atoms with E-state index in [1.54, 1.807) is 36.1 Å². The summed E-state index contributed by atoms with van der Waals surface area (Å²) < 4.78 is 57.3. The molecule has 2 aromatic carbocycles. The summed E-state index contributed by atoms with van der Waals surface area (Å²) in [4.78, 5) is 14.4. The number of hydrogen-bond donors (Lipinski definition) is 0. The van der Waals surface area contributed by atoms with E-state index in [0.29, 0.717) is 11.5 Å². The maximum absolute atomic E-state index is 14.7. The molecule has 2 aliphatic rings. The monoisotopic (exact) mass is 457 g/mol. The van der Waals surface area contributed by atoms with Crippen molar-refractivity contribution in [3.63, 3.8) is 0 Å². The van der Waals surface area contributed by atoms with E-state index in [0.717, 1.165) is 11.6 Å². The van der Waals surface area contributed by atoms with Crippen molar-refractivity contribution in [1.82, 2.24) is 14.8 Å². The molecule has 1 fully saturated rings. The van der Waals surface area contributed by atoms with Gasteiger partial charge in [-0.25, -0.2) is 4.39 Å². The van der Waals surface area contributed by atoms with Crippen molar-refractivity contribution in [1.29, 1.82) is 0 Å². The molecule has 0 unspecified atom stereocenters. The van der Waals surface area contributed by atoms with Crippen molar-refractivity contribution in [2.75, 3.05) is 4.90 Å². The van der Waals surface area contributed by atoms with Gasteiger partial charge in [-0.1, -0.05) is 12.1 Å². The van der Waals surface area contributed by atoms with Gasteiger partial charge in [0.15, 0.2) is 0 Å². The van der Waals surface area contributed by atoms with Crippen molar-refractivity contribution in [2.45, 2.75) is 43.6 Å². The fourth-order valence-electron chi connectivity index (χ4n) is 5.32. The van der Waals surface area contributed by atoms with Crippen LogP contribution in [0.1, 0.15) is 58.2 Å². The maximum atomic E-state index is 14.7. The lowest BCUT2D eigenvalue weighted by molar-refractivity contribution is -0.138. The molecular weight excluding hydrogens is 436 g/mol. The van der Waals surface area contributed by atoms with Crippen LogP contribution in [0, 0.1) is 6.92 Å². The lowest BCUT2D eigenvalue weighted by atomic mass is 9.57. The molecule has 0 spiro atoms. The fourth-order valence-corrected chi connectivity index (χ4v) is 5.32. The van der Waals surface area contributed by atoms with E-state index in [2.05, 4.69) is 17.1 Å². The Kier molecular flexibility index (Phi) is 4.51. The predicted molar refractivity (Wildman–Crippen MR) is 113 cm³/mol. The Hall–Kier alpha value is -3.23. The standard InChI is InChI=1S/C24H21F4N4O/c1-14-7-17-18(19(8-14)24(26,27)28)10-32(20(17)33)16-6-4-5-15(9-16)23(11-22(2,25)12-23)21-30-29-13-31(21)3/h4-9,13H,1,10-12H2,2-3H3. The molecule has 5 nitrogen and oxygen atoms in total. The molecule has 5 rings (SSSR count). The minimum absolute atomic E-state index is 0.00298. The number of hydrogen-bond acceptors (Lipinski definition) is 3. The van der Waals surface area contributed by atoms with Gasteiger partial charge in [0, 0.05) is 18.3 Å². The molecule has 9 heteroatoms. The summed E-state index contributed by atoms with van der Waals surface area (Å²) in [5.74, 6) is 0.0849. The molecule has 1 aliphatic heterocycles. The first kappa shape index (κ1) is 21.6. The highest BCUT2D eigenvalue weighted by Gasteiger charge is 2.57. The summed E-state index contributed by atoms with van der Waals surface area (Å²) in [7, 11) is 1.78. The Morgan fingerprint density at radius 2 is 1.88 bits per heavy atom. The molecule has 0 saturated heterocycles. The predicted octanol–water partition coefficient (Wildman–Crippen LogP) is 4.98. The van der Waals surface area contributed by atoms with Crippen LogP contribution in [0.2, 0.25) is 0 Å². The van der Waals surface area contributed by atoms with Crippen LogP contribution in [0.4, 0.5) is 23.2 Å². The number of alkyl halides is 4. The SMILES string of the molecule is [CH2]c1cc2c(c(C(F)(F)F)c1)CN(c1cccc(C3(c4nncn4C)CC(C)(F)C3)c1)C2=O. The van der Waals surface area contributed by atoms with Gasteiger partial charge in [0.25, 0.3) is 5.91 Å². The highest BCUT2D eigenvalue weighted by atomic mass is 19.4. The smallest absolute Gasteiger partial charge is 0.320 e. The highest BCUT2D eigenvalue weighted by Crippen LogP contribution is 2.56. The summed E-state index contributed by atoms with van der Waals surface area (Å²) in [5, 5.41) is 8.14. The Morgan fingerprint density at radius 3 is 2.48 bits per heavy atom. The number of anilines is 1. The number of rotatable bonds is 3. The Balaban J connectivity index is 1.57. The highest BCUT2D eigenvalue weighted by molar-refractivity contribution is 6.10. The average molecular weight is 457 g/mol. The number of benzene rings is 2. The molecule has 1 aromatic heterocycles. The van der Waals surface area contributed by atoms with Crippen molar-refractivity contribution in [3.05, 3.63) is 83.3 Å². The van der Waals surface area contributed by atoms with Crippen LogP contribution < -0.4 is 4.90 Å². The second-order valence-electron chi connectivity index (χ2n) is 9.22. The number of carbonyl (C=O) groups is 1. The summed E-state index contributed by atoms with van der Waals surface area (Å²) in [6, 6.07) is 9.32. The van der Waals surface area contributed by atoms with Crippen molar-refractivity contribution >= 4 is 11.6 Å². The normalized spacial score (nSPS) is 24.7. The fraction of sp³-hybridized carbons (Fsp3) is 0.333. The Labute approximate surface area is 188 Å². The molecule has 1 amide bonds. The third-order valence-electron chi connectivity index (χ3n) is 6.60. The van der Waals surface area contributed by atoms with Crippen molar-refractivity contribution < 1.29 is 22.4 Å². The third kappa shape index (κ3) is 3.32. The summed E-state index contributed by atoms with van der Waals surface area (Å²) in [6.45, 7) is 4.92. The zero-order valence-electron chi connectivity index (χ0n) is 18.1. The Morgan fingerprint density at radius 1 is 1.15 bits per heavy atom. The van der Waals surface area contributed by atoms with Gasteiger partial charge < -0.3 is 9.47 Å². The molecule has 1 radical (unpaired) electrons. The number of halogens is 4. The van der Waals surface area contributed by atoms with Crippen LogP contribution >= 0.6 is 0 Å². The molecule has 0 atom stereocenters. The topological polar surface area (TPSA) is 51.0 Å². The lowest BCUT2D eigenvalue weighted by Crippen LogP contribution is -2.52. The van der Waals surface area contributed by atoms with E-state index in [1.807, 2.05) is 6.07 Å². The van der Waals surface area contributed by atoms with E-state index in [1.165, 1.54) is 17.9 Å². The summed E-state index contributed by atoms with van der Waals surface area (Å²) in [5.41, 5.74) is -1.71. The van der Waals surface area contributed by atoms with E-state index >= 15 is 0 Å². The number of aryl methyl sites for hydroxylation is 1. The molecule has 2 heterocycles. The molecule has 171 valence electrons. The van der Waals surface area contributed by atoms with Crippen molar-refractivity contribution in [2.24, 2.45) is 7.05 Å². The second-order valence-corrected chi connectivity index (χ2v) is 9.22. The Bertz CT molecular complexity index is 1270. The van der Waals surface area contributed by atoms with Gasteiger partial charge in [-0.15, -0.1) is 10.2 Å². The number of carbonyl (C=O) groups excluding carboxylic acids is 1. The molecular formula is C24H21F4N4O. The van der Waals surface area contributed by atoms with Crippen LogP contribution in [0.15, 0.2) is 42.7 Å². The van der Waals surface area contributed by atoms with Crippen LogP contribution in [-0.2, 0) is 25.2 Å². The van der Waals surface area contributed by atoms with Gasteiger partial charge in [-0.05, 0) is 67.6 Å². The number of aromatic nitrogens is 3. The average Bonchev–Trinajstić information content (AvgIpc) is 3.28. The molecule has 0 N–H and O–H groups in total. The minimum Gasteiger partial charge on any atom is -0.320 e. The van der Waals surface area contributed by atoms with Crippen LogP contribution in [0.3, 0.4) is 0 Å². The van der Waals surface area contributed by atoms with Gasteiger partial charge >= 0.3 is 6.18 Å². The first-order chi connectivity index (χ1) is 15.4. The summed E-state index contributed by atoms with van der Waals surface area (Å²) in [6.07, 6.45) is -2.67. The van der Waals surface area contributed by atoms with E-state index in [4.69, 9.17) is 0 Å². The molecule has 1 aliphatic carbocycles. The van der Waals surface area contributed by atoms with Crippen LogP contribution in [-0.4, -0.2) is 26.3 Å². The molecule has 1 saturated carbocycles. The maximum Gasteiger partial charge on any atom is 0.416 e. The second kappa shape index (κ2) is 6.88. The number of nitrogens with zero attached hydrogens (tertiary/aromatic N) is 4. The number of amides is 1. The molecule has 33 heavy (non-hydrogen) atoms. The quantitative estimate of drug-likeness (QED) is 0.521. The van der Waals surface area contributed by atoms with Crippen LogP contribution in [0.5, 0.6) is 0 Å². The summed E-state index contributed by atoms with van der Waals surface area (Å²) >= 11 is 0. The molecule has 3 aromatic rings.